The zero-order valence-corrected chi connectivity index (χ0v) is 16.7. The number of hydrogen-bond donors (Lipinski definition) is 1. The third kappa shape index (κ3) is 2.88. The summed E-state index contributed by atoms with van der Waals surface area (Å²) in [4.78, 5) is 27.4. The topological polar surface area (TPSA) is 57.6 Å². The van der Waals surface area contributed by atoms with Gasteiger partial charge in [-0.25, -0.2) is 0 Å². The fourth-order valence-electron chi connectivity index (χ4n) is 6.23. The Morgan fingerprint density at radius 3 is 2.85 bits per heavy atom. The van der Waals surface area contributed by atoms with E-state index in [-0.39, 0.29) is 17.2 Å². The molecule has 3 aliphatic rings. The molecule has 1 aromatic carbocycles. The minimum absolute atomic E-state index is 0.0964. The van der Waals surface area contributed by atoms with E-state index in [1.54, 1.807) is 11.0 Å². The fourth-order valence-corrected chi connectivity index (χ4v) is 6.23. The molecule has 0 unspecified atom stereocenters. The van der Waals surface area contributed by atoms with Crippen LogP contribution in [0.25, 0.3) is 0 Å². The number of phenolic OH excluding ortho intramolecular Hbond substituents is 1. The van der Waals surface area contributed by atoms with Crippen LogP contribution in [0.3, 0.4) is 0 Å². The number of aryl methyl sites for hydroxylation is 1. The van der Waals surface area contributed by atoms with Gasteiger partial charge >= 0.3 is 0 Å². The molecular weight excluding hydrogens is 338 g/mol. The van der Waals surface area contributed by atoms with Gasteiger partial charge in [-0.15, -0.1) is 0 Å². The van der Waals surface area contributed by atoms with Gasteiger partial charge in [-0.1, -0.05) is 13.0 Å². The standard InChI is InChI=1S/C23H31NO3/c1-4-24(3)21(26)13-15-12-20-19-7-5-14-11-16(25)6-8-17(14)18(19)9-10-23(20,2)22(15)27/h6,8,11,15,18-20,25H,4-5,7,9-10,12-13H2,1-3H3/t15-,18-,19-,20+,23+/m1/s1. The van der Waals surface area contributed by atoms with Crippen molar-refractivity contribution in [3.05, 3.63) is 29.3 Å². The number of carbonyl (C=O) groups is 2. The maximum Gasteiger partial charge on any atom is 0.223 e. The van der Waals surface area contributed by atoms with Crippen LogP contribution >= 0.6 is 0 Å². The minimum atomic E-state index is -0.259. The molecule has 0 radical (unpaired) electrons. The maximum atomic E-state index is 13.3. The van der Waals surface area contributed by atoms with Gasteiger partial charge in [0.05, 0.1) is 0 Å². The van der Waals surface area contributed by atoms with Crippen molar-refractivity contribution in [2.24, 2.45) is 23.2 Å². The van der Waals surface area contributed by atoms with E-state index in [4.69, 9.17) is 0 Å². The number of amides is 1. The Kier molecular flexibility index (Phi) is 4.56. The minimum Gasteiger partial charge on any atom is -0.508 e. The summed E-state index contributed by atoms with van der Waals surface area (Å²) in [6.07, 6.45) is 5.27. The Labute approximate surface area is 161 Å². The first-order chi connectivity index (χ1) is 12.8. The van der Waals surface area contributed by atoms with Crippen LogP contribution in [0.5, 0.6) is 5.75 Å². The Morgan fingerprint density at radius 1 is 1.33 bits per heavy atom. The molecule has 1 aromatic rings. The second kappa shape index (κ2) is 6.65. The van der Waals surface area contributed by atoms with Crippen LogP contribution in [0.4, 0.5) is 0 Å². The van der Waals surface area contributed by atoms with Gasteiger partial charge < -0.3 is 10.0 Å². The van der Waals surface area contributed by atoms with Gasteiger partial charge in [-0.2, -0.15) is 0 Å². The largest absolute Gasteiger partial charge is 0.508 e. The van der Waals surface area contributed by atoms with E-state index in [1.807, 2.05) is 20.0 Å². The average Bonchev–Trinajstić information content (AvgIpc) is 2.91. The lowest BCUT2D eigenvalue weighted by Crippen LogP contribution is -2.42. The molecule has 3 aliphatic carbocycles. The molecule has 5 atom stereocenters. The summed E-state index contributed by atoms with van der Waals surface area (Å²) in [6.45, 7) is 4.82. The van der Waals surface area contributed by atoms with Crippen molar-refractivity contribution in [3.63, 3.8) is 0 Å². The first-order valence-electron chi connectivity index (χ1n) is 10.4. The second-order valence-electron chi connectivity index (χ2n) is 9.16. The number of aromatic hydroxyl groups is 1. The van der Waals surface area contributed by atoms with Crippen LogP contribution in [0, 0.1) is 23.2 Å². The molecule has 146 valence electrons. The van der Waals surface area contributed by atoms with E-state index in [2.05, 4.69) is 13.0 Å². The van der Waals surface area contributed by atoms with Crippen molar-refractivity contribution >= 4 is 11.7 Å². The zero-order valence-electron chi connectivity index (χ0n) is 16.7. The van der Waals surface area contributed by atoms with Gasteiger partial charge in [0, 0.05) is 31.3 Å². The lowest BCUT2D eigenvalue weighted by molar-refractivity contribution is -0.137. The van der Waals surface area contributed by atoms with Crippen molar-refractivity contribution in [1.29, 1.82) is 0 Å². The summed E-state index contributed by atoms with van der Waals surface area (Å²) in [7, 11) is 1.82. The SMILES string of the molecule is CCN(C)C(=O)C[C@H]1C[C@H]2[C@@H]3CCc4cc(O)ccc4[C@H]3CC[C@]2(C)C1=O. The molecule has 1 N–H and O–H groups in total. The van der Waals surface area contributed by atoms with Crippen LogP contribution < -0.4 is 0 Å². The van der Waals surface area contributed by atoms with E-state index in [9.17, 15) is 14.7 Å². The summed E-state index contributed by atoms with van der Waals surface area (Å²) in [5.74, 6) is 2.07. The van der Waals surface area contributed by atoms with Gasteiger partial charge in [0.15, 0.2) is 0 Å². The molecule has 0 saturated heterocycles. The zero-order chi connectivity index (χ0) is 19.3. The van der Waals surface area contributed by atoms with Gasteiger partial charge in [0.2, 0.25) is 5.91 Å². The number of fused-ring (bicyclic) bond motifs is 5. The first-order valence-corrected chi connectivity index (χ1v) is 10.4. The quantitative estimate of drug-likeness (QED) is 0.879. The molecule has 0 bridgehead atoms. The number of benzene rings is 1. The predicted octanol–water partition coefficient (Wildman–Crippen LogP) is 3.91. The number of Topliss-reactive ketones (excluding diaryl/α,β-unsaturated/α-hetero) is 1. The highest BCUT2D eigenvalue weighted by molar-refractivity contribution is 5.93. The molecule has 0 aromatic heterocycles. The molecular formula is C23H31NO3. The molecule has 27 heavy (non-hydrogen) atoms. The normalized spacial score (nSPS) is 34.6. The molecule has 0 heterocycles. The second-order valence-corrected chi connectivity index (χ2v) is 9.16. The van der Waals surface area contributed by atoms with E-state index in [0.717, 1.165) is 32.1 Å². The monoisotopic (exact) mass is 369 g/mol. The number of rotatable bonds is 3. The molecule has 2 fully saturated rings. The van der Waals surface area contributed by atoms with E-state index in [0.29, 0.717) is 42.3 Å². The van der Waals surface area contributed by atoms with Crippen LogP contribution in [-0.4, -0.2) is 35.3 Å². The van der Waals surface area contributed by atoms with Crippen LogP contribution in [0.1, 0.15) is 63.0 Å². The number of carbonyl (C=O) groups excluding carboxylic acids is 2. The Balaban J connectivity index is 1.58. The first kappa shape index (κ1) is 18.5. The average molecular weight is 370 g/mol. The summed E-state index contributed by atoms with van der Waals surface area (Å²) in [5, 5.41) is 9.81. The number of nitrogens with zero attached hydrogens (tertiary/aromatic N) is 1. The summed E-state index contributed by atoms with van der Waals surface area (Å²) < 4.78 is 0. The smallest absolute Gasteiger partial charge is 0.223 e. The number of ketones is 1. The molecule has 4 rings (SSSR count). The van der Waals surface area contributed by atoms with Crippen molar-refractivity contribution in [2.75, 3.05) is 13.6 Å². The van der Waals surface area contributed by atoms with Crippen LogP contribution in [-0.2, 0) is 16.0 Å². The third-order valence-electron chi connectivity index (χ3n) is 7.89. The fraction of sp³-hybridized carbons (Fsp3) is 0.652. The third-order valence-corrected chi connectivity index (χ3v) is 7.89. The van der Waals surface area contributed by atoms with Crippen molar-refractivity contribution in [2.45, 2.75) is 58.3 Å². The van der Waals surface area contributed by atoms with Gasteiger partial charge in [-0.05, 0) is 80.0 Å². The summed E-state index contributed by atoms with van der Waals surface area (Å²) in [5.41, 5.74) is 2.40. The van der Waals surface area contributed by atoms with Crippen molar-refractivity contribution in [3.8, 4) is 5.75 Å². The number of hydrogen-bond acceptors (Lipinski definition) is 3. The molecule has 0 aliphatic heterocycles. The lowest BCUT2D eigenvalue weighted by Gasteiger charge is -2.48. The van der Waals surface area contributed by atoms with Crippen molar-refractivity contribution in [1.82, 2.24) is 4.90 Å². The molecule has 0 spiro atoms. The maximum absolute atomic E-state index is 13.3. The lowest BCUT2D eigenvalue weighted by atomic mass is 9.55. The highest BCUT2D eigenvalue weighted by atomic mass is 16.3. The van der Waals surface area contributed by atoms with Gasteiger partial charge in [-0.3, -0.25) is 9.59 Å². The summed E-state index contributed by atoms with van der Waals surface area (Å²) >= 11 is 0. The van der Waals surface area contributed by atoms with E-state index < -0.39 is 0 Å². The molecule has 2 saturated carbocycles. The molecule has 4 nitrogen and oxygen atoms in total. The van der Waals surface area contributed by atoms with Crippen molar-refractivity contribution < 1.29 is 14.7 Å². The van der Waals surface area contributed by atoms with Crippen LogP contribution in [0.15, 0.2) is 18.2 Å². The Morgan fingerprint density at radius 2 is 2.11 bits per heavy atom. The number of phenols is 1. The van der Waals surface area contributed by atoms with E-state index in [1.165, 1.54) is 11.1 Å². The molecule has 1 amide bonds. The van der Waals surface area contributed by atoms with Gasteiger partial charge in [0.25, 0.3) is 0 Å². The summed E-state index contributed by atoms with van der Waals surface area (Å²) in [6, 6.07) is 5.82. The van der Waals surface area contributed by atoms with E-state index >= 15 is 0 Å². The van der Waals surface area contributed by atoms with Crippen LogP contribution in [0.2, 0.25) is 0 Å². The Hall–Kier alpha value is -1.84. The predicted molar refractivity (Wildman–Crippen MR) is 105 cm³/mol. The Bertz CT molecular complexity index is 773. The van der Waals surface area contributed by atoms with Gasteiger partial charge in [0.1, 0.15) is 11.5 Å². The molecule has 4 heteroatoms. The highest BCUT2D eigenvalue weighted by Crippen LogP contribution is 2.61. The highest BCUT2D eigenvalue weighted by Gasteiger charge is 2.58.